The van der Waals surface area contributed by atoms with Gasteiger partial charge in [0, 0.05) is 51.3 Å². The molecule has 3 rings (SSSR count). The van der Waals surface area contributed by atoms with Crippen LogP contribution >= 0.6 is 35.0 Å². The van der Waals surface area contributed by atoms with Gasteiger partial charge >= 0.3 is 0 Å². The number of nitrogens with zero attached hydrogens (tertiary/aromatic N) is 1. The predicted octanol–water partition coefficient (Wildman–Crippen LogP) is 4.75. The number of pyridine rings is 1. The maximum absolute atomic E-state index is 12.6. The lowest BCUT2D eigenvalue weighted by molar-refractivity contribution is 0.585. The first-order valence-electron chi connectivity index (χ1n) is 7.82. The average Bonchev–Trinajstić information content (AvgIpc) is 2.63. The van der Waals surface area contributed by atoms with Gasteiger partial charge in [0.05, 0.1) is 4.90 Å². The predicted molar refractivity (Wildman–Crippen MR) is 110 cm³/mol. The van der Waals surface area contributed by atoms with E-state index in [2.05, 4.69) is 9.71 Å². The molecule has 8 heteroatoms. The monoisotopic (exact) mass is 426 g/mol. The molecule has 0 amide bonds. The lowest BCUT2D eigenvalue weighted by atomic mass is 10.2. The summed E-state index contributed by atoms with van der Waals surface area (Å²) in [6, 6.07) is 12.2. The summed E-state index contributed by atoms with van der Waals surface area (Å²) in [7, 11) is -3.59. The second-order valence-corrected chi connectivity index (χ2v) is 9.16. The molecule has 136 valence electrons. The molecule has 0 bridgehead atoms. The number of halogens is 2. The molecular weight excluding hydrogens is 411 g/mol. The third-order valence-corrected chi connectivity index (χ3v) is 6.99. The minimum absolute atomic E-state index is 0.261. The van der Waals surface area contributed by atoms with Gasteiger partial charge in [0.1, 0.15) is 0 Å². The molecule has 0 unspecified atom stereocenters. The van der Waals surface area contributed by atoms with E-state index < -0.39 is 10.0 Å². The molecule has 0 aliphatic rings. The third-order valence-electron chi connectivity index (χ3n) is 3.78. The highest BCUT2D eigenvalue weighted by molar-refractivity contribution is 7.98. The van der Waals surface area contributed by atoms with Crippen molar-refractivity contribution in [2.45, 2.75) is 10.6 Å². The molecular formula is C18H16Cl2N2O2S2. The van der Waals surface area contributed by atoms with E-state index in [1.165, 1.54) is 0 Å². The fraction of sp³-hybridized carbons (Fsp3) is 0.167. The number of fused-ring (bicyclic) bond motifs is 1. The molecule has 1 N–H and O–H groups in total. The molecule has 26 heavy (non-hydrogen) atoms. The Hall–Kier alpha value is -1.31. The summed E-state index contributed by atoms with van der Waals surface area (Å²) in [5.74, 6) is 1.23. The first-order chi connectivity index (χ1) is 12.5. The van der Waals surface area contributed by atoms with Crippen LogP contribution in [0.5, 0.6) is 0 Å². The Morgan fingerprint density at radius 1 is 1.04 bits per heavy atom. The Morgan fingerprint density at radius 3 is 2.54 bits per heavy atom. The molecule has 3 aromatic rings. The van der Waals surface area contributed by atoms with E-state index in [0.29, 0.717) is 33.5 Å². The zero-order chi connectivity index (χ0) is 18.6. The lowest BCUT2D eigenvalue weighted by Gasteiger charge is -2.10. The molecule has 2 aromatic carbocycles. The summed E-state index contributed by atoms with van der Waals surface area (Å²) in [4.78, 5) is 4.29. The summed E-state index contributed by atoms with van der Waals surface area (Å²) >= 11 is 13.8. The molecule has 1 heterocycles. The van der Waals surface area contributed by atoms with Crippen molar-refractivity contribution in [2.75, 3.05) is 12.3 Å². The van der Waals surface area contributed by atoms with Crippen molar-refractivity contribution in [3.8, 4) is 0 Å². The number of rotatable bonds is 7. The van der Waals surface area contributed by atoms with Crippen LogP contribution < -0.4 is 4.72 Å². The van der Waals surface area contributed by atoms with E-state index in [1.54, 1.807) is 60.6 Å². The van der Waals surface area contributed by atoms with Crippen molar-refractivity contribution in [1.29, 1.82) is 0 Å². The molecule has 0 radical (unpaired) electrons. The average molecular weight is 427 g/mol. The summed E-state index contributed by atoms with van der Waals surface area (Å²) in [5.41, 5.74) is 0.866. The van der Waals surface area contributed by atoms with Crippen LogP contribution in [-0.2, 0) is 15.8 Å². The molecule has 0 spiro atoms. The van der Waals surface area contributed by atoms with Gasteiger partial charge in [-0.25, -0.2) is 13.1 Å². The van der Waals surface area contributed by atoms with Crippen LogP contribution in [0.4, 0.5) is 0 Å². The molecule has 0 saturated carbocycles. The second kappa shape index (κ2) is 8.59. The van der Waals surface area contributed by atoms with Crippen molar-refractivity contribution < 1.29 is 8.42 Å². The summed E-state index contributed by atoms with van der Waals surface area (Å²) in [5, 5.41) is 2.69. The van der Waals surface area contributed by atoms with Gasteiger partial charge in [-0.3, -0.25) is 4.98 Å². The molecule has 0 fully saturated rings. The maximum Gasteiger partial charge on any atom is 0.241 e. The Morgan fingerprint density at radius 2 is 1.77 bits per heavy atom. The van der Waals surface area contributed by atoms with E-state index >= 15 is 0 Å². The van der Waals surface area contributed by atoms with Gasteiger partial charge in [-0.2, -0.15) is 11.8 Å². The van der Waals surface area contributed by atoms with Gasteiger partial charge in [0.2, 0.25) is 10.0 Å². The van der Waals surface area contributed by atoms with Gasteiger partial charge in [-0.05, 0) is 29.8 Å². The van der Waals surface area contributed by atoms with Crippen molar-refractivity contribution in [3.63, 3.8) is 0 Å². The van der Waals surface area contributed by atoms with E-state index in [0.717, 1.165) is 10.9 Å². The van der Waals surface area contributed by atoms with Crippen molar-refractivity contribution in [3.05, 3.63) is 70.5 Å². The zero-order valence-corrected chi connectivity index (χ0v) is 16.8. The Kier molecular flexibility index (Phi) is 6.42. The second-order valence-electron chi connectivity index (χ2n) is 5.50. The highest BCUT2D eigenvalue weighted by atomic mass is 35.5. The highest BCUT2D eigenvalue weighted by Crippen LogP contribution is 2.28. The van der Waals surface area contributed by atoms with Crippen LogP contribution in [0.15, 0.2) is 59.8 Å². The molecule has 1 aromatic heterocycles. The number of thioether (sulfide) groups is 1. The molecule has 0 atom stereocenters. The molecule has 0 saturated heterocycles. The van der Waals surface area contributed by atoms with E-state index in [-0.39, 0.29) is 4.90 Å². The van der Waals surface area contributed by atoms with Gasteiger partial charge in [0.25, 0.3) is 0 Å². The van der Waals surface area contributed by atoms with Crippen LogP contribution in [0.25, 0.3) is 10.8 Å². The Balaban J connectivity index is 1.60. The van der Waals surface area contributed by atoms with Crippen molar-refractivity contribution in [2.24, 2.45) is 0 Å². The first kappa shape index (κ1) is 19.5. The number of hydrogen-bond acceptors (Lipinski definition) is 4. The summed E-state index contributed by atoms with van der Waals surface area (Å²) in [6.45, 7) is 0.316. The van der Waals surface area contributed by atoms with E-state index in [4.69, 9.17) is 23.2 Å². The van der Waals surface area contributed by atoms with Gasteiger partial charge < -0.3 is 0 Å². The number of hydrogen-bond donors (Lipinski definition) is 1. The Bertz CT molecular complexity index is 1000. The van der Waals surface area contributed by atoms with Crippen molar-refractivity contribution >= 4 is 55.8 Å². The zero-order valence-electron chi connectivity index (χ0n) is 13.7. The van der Waals surface area contributed by atoms with E-state index in [9.17, 15) is 8.42 Å². The number of sulfonamides is 1. The largest absolute Gasteiger partial charge is 0.264 e. The Labute approximate surface area is 167 Å². The fourth-order valence-electron chi connectivity index (χ4n) is 2.50. The number of benzene rings is 2. The SMILES string of the molecule is O=S(=O)(NCCSCc1c(Cl)cccc1Cl)c1cccc2cnccc12. The van der Waals surface area contributed by atoms with Crippen LogP contribution in [0.1, 0.15) is 5.56 Å². The minimum atomic E-state index is -3.59. The number of nitrogens with one attached hydrogen (secondary N) is 1. The van der Waals surface area contributed by atoms with Crippen molar-refractivity contribution in [1.82, 2.24) is 9.71 Å². The van der Waals surface area contributed by atoms with Crippen LogP contribution in [0, 0.1) is 0 Å². The minimum Gasteiger partial charge on any atom is -0.264 e. The summed E-state index contributed by atoms with van der Waals surface area (Å²) < 4.78 is 27.9. The van der Waals surface area contributed by atoms with Gasteiger partial charge in [-0.1, -0.05) is 41.4 Å². The summed E-state index contributed by atoms with van der Waals surface area (Å²) in [6.07, 6.45) is 3.24. The molecule has 0 aliphatic heterocycles. The topological polar surface area (TPSA) is 59.1 Å². The molecule has 4 nitrogen and oxygen atoms in total. The molecule has 0 aliphatic carbocycles. The standard InChI is InChI=1S/C18H16Cl2N2O2S2/c19-16-4-2-5-17(20)15(16)12-25-10-9-22-26(23,24)18-6-1-3-13-11-21-8-7-14(13)18/h1-8,11,22H,9-10,12H2. The third kappa shape index (κ3) is 4.50. The van der Waals surface area contributed by atoms with Crippen LogP contribution in [-0.4, -0.2) is 25.7 Å². The maximum atomic E-state index is 12.6. The van der Waals surface area contributed by atoms with E-state index in [1.807, 2.05) is 6.07 Å². The lowest BCUT2D eigenvalue weighted by Crippen LogP contribution is -2.26. The van der Waals surface area contributed by atoms with Crippen LogP contribution in [0.3, 0.4) is 0 Å². The smallest absolute Gasteiger partial charge is 0.241 e. The quantitative estimate of drug-likeness (QED) is 0.553. The van der Waals surface area contributed by atoms with Gasteiger partial charge in [0.15, 0.2) is 0 Å². The van der Waals surface area contributed by atoms with Gasteiger partial charge in [-0.15, -0.1) is 0 Å². The van der Waals surface area contributed by atoms with Crippen LogP contribution in [0.2, 0.25) is 10.0 Å². The normalized spacial score (nSPS) is 11.8. The highest BCUT2D eigenvalue weighted by Gasteiger charge is 2.16. The number of aromatic nitrogens is 1. The fourth-order valence-corrected chi connectivity index (χ4v) is 5.48. The first-order valence-corrected chi connectivity index (χ1v) is 11.2.